The summed E-state index contributed by atoms with van der Waals surface area (Å²) in [5.41, 5.74) is 2.85. The van der Waals surface area contributed by atoms with Crippen LogP contribution in [0.25, 0.3) is 0 Å². The highest BCUT2D eigenvalue weighted by molar-refractivity contribution is 7.85. The molecule has 94 valence electrons. The molecule has 0 spiro atoms. The molecule has 0 amide bonds. The molecule has 0 bridgehead atoms. The second-order valence-electron chi connectivity index (χ2n) is 4.86. The van der Waals surface area contributed by atoms with Crippen LogP contribution < -0.4 is 5.32 Å². The summed E-state index contributed by atoms with van der Waals surface area (Å²) in [7, 11) is 1.00. The lowest BCUT2D eigenvalue weighted by atomic mass is 10.1. The van der Waals surface area contributed by atoms with E-state index >= 15 is 0 Å². The Labute approximate surface area is 106 Å². The topological polar surface area (TPSA) is 29.1 Å². The first-order valence-corrected chi connectivity index (χ1v) is 7.54. The zero-order valence-corrected chi connectivity index (χ0v) is 11.6. The highest BCUT2D eigenvalue weighted by Gasteiger charge is 2.20. The average Bonchev–Trinajstić information content (AvgIpc) is 2.83. The Morgan fingerprint density at radius 1 is 1.24 bits per heavy atom. The van der Waals surface area contributed by atoms with Gasteiger partial charge in [-0.05, 0) is 63.4 Å². The molecule has 17 heavy (non-hydrogen) atoms. The van der Waals surface area contributed by atoms with Crippen LogP contribution in [0.3, 0.4) is 0 Å². The summed E-state index contributed by atoms with van der Waals surface area (Å²) in [5, 5.41) is 3.31. The minimum atomic E-state index is -0.913. The summed E-state index contributed by atoms with van der Waals surface area (Å²) in [6.07, 6.45) is 3.58. The Balaban J connectivity index is 2.20. The fraction of sp³-hybridized carbons (Fsp3) is 0.571. The van der Waals surface area contributed by atoms with Crippen LogP contribution in [0.1, 0.15) is 31.4 Å². The van der Waals surface area contributed by atoms with Crippen molar-refractivity contribution in [2.45, 2.75) is 49.3 Å². The summed E-state index contributed by atoms with van der Waals surface area (Å²) in [6, 6.07) is 6.62. The van der Waals surface area contributed by atoms with Gasteiger partial charge in [-0.3, -0.25) is 4.21 Å². The predicted octanol–water partition coefficient (Wildman–Crippen LogP) is 2.28. The monoisotopic (exact) mass is 251 g/mol. The fourth-order valence-electron chi connectivity index (χ4n) is 2.31. The lowest BCUT2D eigenvalue weighted by Gasteiger charge is -2.19. The van der Waals surface area contributed by atoms with Crippen molar-refractivity contribution in [1.82, 2.24) is 5.32 Å². The number of benzene rings is 1. The third-order valence-corrected chi connectivity index (χ3v) is 5.60. The molecule has 2 nitrogen and oxygen atoms in total. The summed E-state index contributed by atoms with van der Waals surface area (Å²) < 4.78 is 12.4. The Bertz CT molecular complexity index is 430. The van der Waals surface area contributed by atoms with E-state index in [0.29, 0.717) is 0 Å². The standard InChI is InChI=1S/C14H21NOS/c1-10(15-3)11(2)17(16)14-8-7-12-5-4-6-13(12)9-14/h7-11,15H,4-6H2,1-3H3. The van der Waals surface area contributed by atoms with E-state index in [-0.39, 0.29) is 11.3 Å². The van der Waals surface area contributed by atoms with Gasteiger partial charge in [0.25, 0.3) is 0 Å². The van der Waals surface area contributed by atoms with Gasteiger partial charge >= 0.3 is 0 Å². The van der Waals surface area contributed by atoms with Crippen LogP contribution in [0, 0.1) is 0 Å². The molecule has 1 aromatic rings. The van der Waals surface area contributed by atoms with Crippen LogP contribution >= 0.6 is 0 Å². The highest BCUT2D eigenvalue weighted by atomic mass is 32.2. The number of aryl methyl sites for hydroxylation is 2. The molecule has 0 radical (unpaired) electrons. The van der Waals surface area contributed by atoms with Gasteiger partial charge in [-0.15, -0.1) is 0 Å². The molecule has 0 aromatic heterocycles. The Kier molecular flexibility index (Phi) is 4.00. The SMILES string of the molecule is CNC(C)C(C)S(=O)c1ccc2c(c1)CCC2. The summed E-state index contributed by atoms with van der Waals surface area (Å²) in [6.45, 7) is 4.13. The first-order chi connectivity index (χ1) is 8.13. The number of fused-ring (bicyclic) bond motifs is 1. The molecule has 1 aliphatic rings. The van der Waals surface area contributed by atoms with Gasteiger partial charge in [0.1, 0.15) is 0 Å². The molecule has 0 saturated heterocycles. The van der Waals surface area contributed by atoms with Gasteiger partial charge in [0.05, 0.1) is 16.0 Å². The molecular weight excluding hydrogens is 230 g/mol. The zero-order chi connectivity index (χ0) is 12.4. The summed E-state index contributed by atoms with van der Waals surface area (Å²) in [4.78, 5) is 0.986. The van der Waals surface area contributed by atoms with Crippen LogP contribution in [-0.4, -0.2) is 22.5 Å². The predicted molar refractivity (Wildman–Crippen MR) is 72.9 cm³/mol. The van der Waals surface area contributed by atoms with Crippen molar-refractivity contribution in [2.75, 3.05) is 7.05 Å². The Morgan fingerprint density at radius 2 is 1.94 bits per heavy atom. The van der Waals surface area contributed by atoms with E-state index in [0.717, 1.165) is 11.3 Å². The van der Waals surface area contributed by atoms with Gasteiger partial charge in [-0.1, -0.05) is 6.07 Å². The summed E-state index contributed by atoms with van der Waals surface area (Å²) >= 11 is 0. The van der Waals surface area contributed by atoms with Crippen LogP contribution in [0.2, 0.25) is 0 Å². The quantitative estimate of drug-likeness (QED) is 0.889. The molecule has 0 heterocycles. The molecule has 1 aromatic carbocycles. The van der Waals surface area contributed by atoms with Crippen LogP contribution in [0.4, 0.5) is 0 Å². The maximum atomic E-state index is 12.4. The number of nitrogens with one attached hydrogen (secondary N) is 1. The molecule has 0 saturated carbocycles. The van der Waals surface area contributed by atoms with Gasteiger partial charge in [0.15, 0.2) is 0 Å². The van der Waals surface area contributed by atoms with E-state index in [2.05, 4.69) is 24.4 Å². The maximum absolute atomic E-state index is 12.4. The van der Waals surface area contributed by atoms with Gasteiger partial charge in [-0.2, -0.15) is 0 Å². The van der Waals surface area contributed by atoms with E-state index in [4.69, 9.17) is 0 Å². The first kappa shape index (κ1) is 12.8. The van der Waals surface area contributed by atoms with Crippen LogP contribution in [0.15, 0.2) is 23.1 Å². The molecule has 3 atom stereocenters. The van der Waals surface area contributed by atoms with Crippen molar-refractivity contribution in [3.63, 3.8) is 0 Å². The number of hydrogen-bond donors (Lipinski definition) is 1. The third kappa shape index (κ3) is 2.61. The average molecular weight is 251 g/mol. The normalized spacial score (nSPS) is 19.7. The minimum Gasteiger partial charge on any atom is -0.316 e. The highest BCUT2D eigenvalue weighted by Crippen LogP contribution is 2.25. The largest absolute Gasteiger partial charge is 0.316 e. The second-order valence-corrected chi connectivity index (χ2v) is 6.67. The minimum absolute atomic E-state index is 0.138. The van der Waals surface area contributed by atoms with Crippen molar-refractivity contribution in [2.24, 2.45) is 0 Å². The summed E-state index contributed by atoms with van der Waals surface area (Å²) in [5.74, 6) is 0. The Morgan fingerprint density at radius 3 is 2.65 bits per heavy atom. The first-order valence-electron chi connectivity index (χ1n) is 6.33. The fourth-order valence-corrected chi connectivity index (χ4v) is 3.70. The van der Waals surface area contributed by atoms with Crippen molar-refractivity contribution in [3.05, 3.63) is 29.3 Å². The van der Waals surface area contributed by atoms with Gasteiger partial charge in [-0.25, -0.2) is 0 Å². The molecule has 1 aliphatic carbocycles. The second kappa shape index (κ2) is 5.32. The van der Waals surface area contributed by atoms with Gasteiger partial charge in [0, 0.05) is 10.9 Å². The molecule has 3 unspecified atom stereocenters. The zero-order valence-electron chi connectivity index (χ0n) is 10.8. The Hall–Kier alpha value is -0.670. The molecule has 2 rings (SSSR count). The van der Waals surface area contributed by atoms with E-state index in [1.807, 2.05) is 20.0 Å². The van der Waals surface area contributed by atoms with E-state index in [1.165, 1.54) is 24.0 Å². The van der Waals surface area contributed by atoms with Gasteiger partial charge in [0.2, 0.25) is 0 Å². The maximum Gasteiger partial charge on any atom is 0.0573 e. The van der Waals surface area contributed by atoms with Crippen LogP contribution in [0.5, 0.6) is 0 Å². The smallest absolute Gasteiger partial charge is 0.0573 e. The molecule has 0 aliphatic heterocycles. The number of rotatable bonds is 4. The van der Waals surface area contributed by atoms with Crippen molar-refractivity contribution in [1.29, 1.82) is 0 Å². The van der Waals surface area contributed by atoms with E-state index in [1.54, 1.807) is 0 Å². The number of hydrogen-bond acceptors (Lipinski definition) is 2. The van der Waals surface area contributed by atoms with Crippen LogP contribution in [-0.2, 0) is 23.6 Å². The molecule has 1 N–H and O–H groups in total. The van der Waals surface area contributed by atoms with E-state index in [9.17, 15) is 4.21 Å². The van der Waals surface area contributed by atoms with E-state index < -0.39 is 10.8 Å². The molecule has 3 heteroatoms. The molecule has 0 fully saturated rings. The lowest BCUT2D eigenvalue weighted by molar-refractivity contribution is 0.584. The third-order valence-electron chi connectivity index (χ3n) is 3.80. The van der Waals surface area contributed by atoms with Crippen molar-refractivity contribution >= 4 is 10.8 Å². The van der Waals surface area contributed by atoms with Crippen molar-refractivity contribution < 1.29 is 4.21 Å². The van der Waals surface area contributed by atoms with Gasteiger partial charge < -0.3 is 5.32 Å². The molecular formula is C14H21NOS. The van der Waals surface area contributed by atoms with Crippen molar-refractivity contribution in [3.8, 4) is 0 Å². The lowest BCUT2D eigenvalue weighted by Crippen LogP contribution is -2.35.